The first kappa shape index (κ1) is 18.1. The maximum Gasteiger partial charge on any atom is 0.275 e. The predicted octanol–water partition coefficient (Wildman–Crippen LogP) is 2.42. The van der Waals surface area contributed by atoms with Crippen LogP contribution in [0.4, 0.5) is 5.69 Å². The van der Waals surface area contributed by atoms with E-state index in [4.69, 9.17) is 5.73 Å². The zero-order valence-corrected chi connectivity index (χ0v) is 14.9. The highest BCUT2D eigenvalue weighted by molar-refractivity contribution is 7.09. The molecule has 0 aliphatic rings. The van der Waals surface area contributed by atoms with Crippen molar-refractivity contribution in [1.82, 2.24) is 10.3 Å². The molecule has 2 aromatic rings. The van der Waals surface area contributed by atoms with Gasteiger partial charge in [-0.25, -0.2) is 4.98 Å². The Kier molecular flexibility index (Phi) is 5.69. The van der Waals surface area contributed by atoms with Crippen molar-refractivity contribution in [3.05, 3.63) is 45.9 Å². The van der Waals surface area contributed by atoms with Gasteiger partial charge in [-0.1, -0.05) is 0 Å². The van der Waals surface area contributed by atoms with Gasteiger partial charge in [0.25, 0.3) is 11.8 Å². The molecule has 0 spiro atoms. The standard InChI is InChI=1S/C17H22N4O2S/c1-17(2,3)21-15(22)11-4-6-12(7-5-11)19-16(23)13-10-24-14(20-13)8-9-18/h4-7,10H,8-9,18H2,1-3H3,(H,19,23)(H,21,22). The molecule has 0 bridgehead atoms. The van der Waals surface area contributed by atoms with E-state index < -0.39 is 0 Å². The van der Waals surface area contributed by atoms with Gasteiger partial charge in [0.2, 0.25) is 0 Å². The molecule has 0 atom stereocenters. The van der Waals surface area contributed by atoms with E-state index in [1.54, 1.807) is 29.6 Å². The Morgan fingerprint density at radius 2 is 1.83 bits per heavy atom. The van der Waals surface area contributed by atoms with Crippen LogP contribution in [0.1, 0.15) is 46.6 Å². The number of hydrogen-bond donors (Lipinski definition) is 3. The molecule has 0 fully saturated rings. The average Bonchev–Trinajstić information content (AvgIpc) is 2.95. The molecule has 6 nitrogen and oxygen atoms in total. The third-order valence-electron chi connectivity index (χ3n) is 3.04. The number of nitrogens with one attached hydrogen (secondary N) is 2. The minimum absolute atomic E-state index is 0.147. The van der Waals surface area contributed by atoms with E-state index in [0.29, 0.717) is 29.9 Å². The number of hydrogen-bond acceptors (Lipinski definition) is 5. The van der Waals surface area contributed by atoms with Crippen LogP contribution in [-0.4, -0.2) is 28.9 Å². The zero-order chi connectivity index (χ0) is 17.7. The smallest absolute Gasteiger partial charge is 0.275 e. The normalized spacial score (nSPS) is 11.2. The number of amides is 2. The summed E-state index contributed by atoms with van der Waals surface area (Å²) in [5.74, 6) is -0.423. The first-order valence-electron chi connectivity index (χ1n) is 7.67. The number of carbonyl (C=O) groups excluding carboxylic acids is 2. The number of anilines is 1. The second kappa shape index (κ2) is 7.55. The Morgan fingerprint density at radius 1 is 1.17 bits per heavy atom. The SMILES string of the molecule is CC(C)(C)NC(=O)c1ccc(NC(=O)c2csc(CCN)n2)cc1. The molecule has 0 radical (unpaired) electrons. The number of benzene rings is 1. The molecule has 0 saturated carbocycles. The van der Waals surface area contributed by atoms with Gasteiger partial charge in [-0.2, -0.15) is 0 Å². The van der Waals surface area contributed by atoms with Gasteiger partial charge in [-0.05, 0) is 51.6 Å². The summed E-state index contributed by atoms with van der Waals surface area (Å²) in [5.41, 5.74) is 6.71. The lowest BCUT2D eigenvalue weighted by molar-refractivity contribution is 0.0919. The van der Waals surface area contributed by atoms with Crippen molar-refractivity contribution in [3.8, 4) is 0 Å². The first-order valence-corrected chi connectivity index (χ1v) is 8.55. The van der Waals surface area contributed by atoms with Gasteiger partial charge in [0.1, 0.15) is 5.69 Å². The summed E-state index contributed by atoms with van der Waals surface area (Å²) in [7, 11) is 0. The van der Waals surface area contributed by atoms with Crippen LogP contribution in [-0.2, 0) is 6.42 Å². The Labute approximate surface area is 145 Å². The molecule has 0 saturated heterocycles. The quantitative estimate of drug-likeness (QED) is 0.774. The molecule has 24 heavy (non-hydrogen) atoms. The largest absolute Gasteiger partial charge is 0.347 e. The van der Waals surface area contributed by atoms with E-state index in [-0.39, 0.29) is 17.4 Å². The van der Waals surface area contributed by atoms with Gasteiger partial charge >= 0.3 is 0 Å². The fourth-order valence-electron chi connectivity index (χ4n) is 1.97. The van der Waals surface area contributed by atoms with Gasteiger partial charge in [-0.15, -0.1) is 11.3 Å². The highest BCUT2D eigenvalue weighted by Gasteiger charge is 2.15. The van der Waals surface area contributed by atoms with Gasteiger partial charge in [0.05, 0.1) is 5.01 Å². The second-order valence-electron chi connectivity index (χ2n) is 6.40. The van der Waals surface area contributed by atoms with Crippen LogP contribution >= 0.6 is 11.3 Å². The third kappa shape index (κ3) is 5.14. The minimum atomic E-state index is -0.296. The Balaban J connectivity index is 2.00. The lowest BCUT2D eigenvalue weighted by Crippen LogP contribution is -2.40. The molecule has 128 valence electrons. The van der Waals surface area contributed by atoms with Crippen LogP contribution in [0, 0.1) is 0 Å². The van der Waals surface area contributed by atoms with E-state index in [1.807, 2.05) is 20.8 Å². The average molecular weight is 346 g/mol. The number of thiazole rings is 1. The molecule has 0 unspecified atom stereocenters. The van der Waals surface area contributed by atoms with Gasteiger partial charge in [0.15, 0.2) is 0 Å². The summed E-state index contributed by atoms with van der Waals surface area (Å²) in [6.45, 7) is 6.28. The molecule has 2 rings (SSSR count). The van der Waals surface area contributed by atoms with Crippen molar-refractivity contribution >= 4 is 28.8 Å². The summed E-state index contributed by atoms with van der Waals surface area (Å²) in [4.78, 5) is 28.5. The summed E-state index contributed by atoms with van der Waals surface area (Å²) >= 11 is 1.42. The van der Waals surface area contributed by atoms with Crippen LogP contribution in [0.5, 0.6) is 0 Å². The van der Waals surface area contributed by atoms with Crippen LogP contribution in [0.3, 0.4) is 0 Å². The molecular weight excluding hydrogens is 324 g/mol. The Morgan fingerprint density at radius 3 is 2.42 bits per heavy atom. The van der Waals surface area contributed by atoms with Gasteiger partial charge < -0.3 is 16.4 Å². The monoisotopic (exact) mass is 346 g/mol. The van der Waals surface area contributed by atoms with Crippen molar-refractivity contribution in [2.24, 2.45) is 5.73 Å². The number of aromatic nitrogens is 1. The van der Waals surface area contributed by atoms with Crippen molar-refractivity contribution in [2.45, 2.75) is 32.7 Å². The molecule has 7 heteroatoms. The van der Waals surface area contributed by atoms with Crippen LogP contribution in [0.15, 0.2) is 29.6 Å². The van der Waals surface area contributed by atoms with E-state index >= 15 is 0 Å². The summed E-state index contributed by atoms with van der Waals surface area (Å²) in [6.07, 6.45) is 0.662. The number of nitrogens with zero attached hydrogens (tertiary/aromatic N) is 1. The van der Waals surface area contributed by atoms with Crippen LogP contribution in [0.25, 0.3) is 0 Å². The maximum atomic E-state index is 12.2. The zero-order valence-electron chi connectivity index (χ0n) is 14.1. The summed E-state index contributed by atoms with van der Waals surface area (Å²) < 4.78 is 0. The van der Waals surface area contributed by atoms with Crippen molar-refractivity contribution < 1.29 is 9.59 Å². The molecule has 1 aromatic carbocycles. The lowest BCUT2D eigenvalue weighted by atomic mass is 10.1. The third-order valence-corrected chi connectivity index (χ3v) is 3.94. The Bertz CT molecular complexity index is 717. The topological polar surface area (TPSA) is 97.1 Å². The second-order valence-corrected chi connectivity index (χ2v) is 7.34. The number of nitrogens with two attached hydrogens (primary N) is 1. The molecule has 0 aliphatic carbocycles. The molecule has 1 heterocycles. The lowest BCUT2D eigenvalue weighted by Gasteiger charge is -2.20. The van der Waals surface area contributed by atoms with Crippen LogP contribution < -0.4 is 16.4 Å². The fraction of sp³-hybridized carbons (Fsp3) is 0.353. The van der Waals surface area contributed by atoms with E-state index in [9.17, 15) is 9.59 Å². The molecule has 4 N–H and O–H groups in total. The van der Waals surface area contributed by atoms with E-state index in [0.717, 1.165) is 5.01 Å². The van der Waals surface area contributed by atoms with Crippen LogP contribution in [0.2, 0.25) is 0 Å². The van der Waals surface area contributed by atoms with E-state index in [1.165, 1.54) is 11.3 Å². The van der Waals surface area contributed by atoms with Crippen molar-refractivity contribution in [3.63, 3.8) is 0 Å². The fourth-order valence-corrected chi connectivity index (χ4v) is 2.76. The Hall–Kier alpha value is -2.25. The highest BCUT2D eigenvalue weighted by atomic mass is 32.1. The first-order chi connectivity index (χ1) is 11.3. The predicted molar refractivity (Wildman–Crippen MR) is 96.5 cm³/mol. The van der Waals surface area contributed by atoms with Crippen molar-refractivity contribution in [1.29, 1.82) is 0 Å². The van der Waals surface area contributed by atoms with Crippen molar-refractivity contribution in [2.75, 3.05) is 11.9 Å². The molecule has 2 amide bonds. The number of rotatable bonds is 5. The van der Waals surface area contributed by atoms with Gasteiger partial charge in [0, 0.05) is 28.6 Å². The summed E-state index contributed by atoms with van der Waals surface area (Å²) in [5, 5.41) is 8.22. The summed E-state index contributed by atoms with van der Waals surface area (Å²) in [6, 6.07) is 6.75. The molecule has 1 aromatic heterocycles. The number of carbonyl (C=O) groups is 2. The molecular formula is C17H22N4O2S. The van der Waals surface area contributed by atoms with Gasteiger partial charge in [-0.3, -0.25) is 9.59 Å². The molecule has 0 aliphatic heterocycles. The highest BCUT2D eigenvalue weighted by Crippen LogP contribution is 2.14. The van der Waals surface area contributed by atoms with E-state index in [2.05, 4.69) is 15.6 Å². The maximum absolute atomic E-state index is 12.2. The minimum Gasteiger partial charge on any atom is -0.347 e.